The zero-order valence-electron chi connectivity index (χ0n) is 9.30. The number of benzene rings is 1. The first-order valence-corrected chi connectivity index (χ1v) is 5.07. The minimum atomic E-state index is 1.08. The zero-order chi connectivity index (χ0) is 10.6. The van der Waals surface area contributed by atoms with Gasteiger partial charge < -0.3 is 0 Å². The molecule has 0 aliphatic rings. The van der Waals surface area contributed by atoms with Crippen molar-refractivity contribution in [3.05, 3.63) is 45.8 Å². The van der Waals surface area contributed by atoms with E-state index in [0.717, 1.165) is 11.6 Å². The Balaban J connectivity index is 3.20. The van der Waals surface area contributed by atoms with Crippen LogP contribution in [0.15, 0.2) is 29.8 Å². The summed E-state index contributed by atoms with van der Waals surface area (Å²) < 4.78 is 0. The van der Waals surface area contributed by atoms with Gasteiger partial charge in [0.2, 0.25) is 0 Å². The van der Waals surface area contributed by atoms with Crippen LogP contribution in [0.4, 0.5) is 0 Å². The van der Waals surface area contributed by atoms with E-state index in [1.165, 1.54) is 16.4 Å². The fraction of sp³-hybridized carbons (Fsp3) is 0.286. The quantitative estimate of drug-likeness (QED) is 0.666. The summed E-state index contributed by atoms with van der Waals surface area (Å²) in [5, 5.41) is 2.33. The molecule has 1 aromatic rings. The number of hydrogen-bond acceptors (Lipinski definition) is 0. The van der Waals surface area contributed by atoms with Crippen LogP contribution in [-0.2, 0) is 0 Å². The van der Waals surface area contributed by atoms with Gasteiger partial charge in [-0.15, -0.1) is 0 Å². The van der Waals surface area contributed by atoms with Gasteiger partial charge in [0.05, 0.1) is 0 Å². The van der Waals surface area contributed by atoms with E-state index in [9.17, 15) is 0 Å². The van der Waals surface area contributed by atoms with Gasteiger partial charge >= 0.3 is 0 Å². The van der Waals surface area contributed by atoms with Gasteiger partial charge in [0.1, 0.15) is 0 Å². The highest BCUT2D eigenvalue weighted by Crippen LogP contribution is 1.95. The van der Waals surface area contributed by atoms with E-state index in [1.54, 1.807) is 0 Å². The molecule has 0 aliphatic carbocycles. The maximum atomic E-state index is 4.04. The molecule has 0 aliphatic heterocycles. The summed E-state index contributed by atoms with van der Waals surface area (Å²) in [5.41, 5.74) is 2.57. The van der Waals surface area contributed by atoms with Gasteiger partial charge in [0, 0.05) is 0 Å². The predicted molar refractivity (Wildman–Crippen MR) is 64.5 cm³/mol. The molecule has 74 valence electrons. The normalized spacial score (nSPS) is 13.4. The highest BCUT2D eigenvalue weighted by Gasteiger charge is 1.86. The van der Waals surface area contributed by atoms with Crippen molar-refractivity contribution in [3.63, 3.8) is 0 Å². The zero-order valence-corrected chi connectivity index (χ0v) is 9.30. The number of aryl methyl sites for hydroxylation is 1. The highest BCUT2D eigenvalue weighted by atomic mass is 13.9. The van der Waals surface area contributed by atoms with E-state index in [4.69, 9.17) is 0 Å². The van der Waals surface area contributed by atoms with Crippen molar-refractivity contribution in [2.24, 2.45) is 0 Å². The summed E-state index contributed by atoms with van der Waals surface area (Å²) >= 11 is 0. The van der Waals surface area contributed by atoms with Crippen LogP contribution in [0.5, 0.6) is 0 Å². The molecule has 0 unspecified atom stereocenters. The molecule has 0 bridgehead atoms. The molecule has 1 rings (SSSR count). The lowest BCUT2D eigenvalue weighted by Gasteiger charge is -1.94. The van der Waals surface area contributed by atoms with E-state index < -0.39 is 0 Å². The molecule has 0 heterocycles. The maximum absolute atomic E-state index is 4.04. The number of allylic oxidation sites excluding steroid dienone is 2. The van der Waals surface area contributed by atoms with Crippen LogP contribution < -0.4 is 10.4 Å². The van der Waals surface area contributed by atoms with Gasteiger partial charge in [0.15, 0.2) is 0 Å². The molecule has 1 aromatic carbocycles. The van der Waals surface area contributed by atoms with Gasteiger partial charge in [-0.3, -0.25) is 0 Å². The highest BCUT2D eigenvalue weighted by molar-refractivity contribution is 5.45. The van der Waals surface area contributed by atoms with Gasteiger partial charge in [-0.05, 0) is 30.7 Å². The Bertz CT molecular complexity index is 436. The smallest absolute Gasteiger partial charge is 0.0187 e. The number of hydrogen-bond donors (Lipinski definition) is 0. The summed E-state index contributed by atoms with van der Waals surface area (Å²) in [5.74, 6) is 0. The van der Waals surface area contributed by atoms with E-state index in [0.29, 0.717) is 0 Å². The van der Waals surface area contributed by atoms with Crippen molar-refractivity contribution >= 4 is 12.7 Å². The van der Waals surface area contributed by atoms with E-state index >= 15 is 0 Å². The molecule has 0 atom stereocenters. The molecule has 14 heavy (non-hydrogen) atoms. The van der Waals surface area contributed by atoms with Gasteiger partial charge in [-0.2, -0.15) is 0 Å². The summed E-state index contributed by atoms with van der Waals surface area (Å²) in [6, 6.07) is 6.37. The second-order valence-corrected chi connectivity index (χ2v) is 3.70. The van der Waals surface area contributed by atoms with Gasteiger partial charge in [-0.1, -0.05) is 55.0 Å². The molecule has 0 fully saturated rings. The first kappa shape index (κ1) is 10.8. The maximum Gasteiger partial charge on any atom is -0.0187 e. The van der Waals surface area contributed by atoms with Crippen molar-refractivity contribution in [1.29, 1.82) is 0 Å². The van der Waals surface area contributed by atoms with Crippen LogP contribution >= 0.6 is 0 Å². The predicted octanol–water partition coefficient (Wildman–Crippen LogP) is 2.54. The van der Waals surface area contributed by atoms with Crippen LogP contribution in [0.1, 0.15) is 25.8 Å². The Morgan fingerprint density at radius 2 is 2.14 bits per heavy atom. The lowest BCUT2D eigenvalue weighted by atomic mass is 10.1. The van der Waals surface area contributed by atoms with Crippen LogP contribution in [0.25, 0.3) is 12.7 Å². The Kier molecular flexibility index (Phi) is 3.70. The molecule has 0 heteroatoms. The topological polar surface area (TPSA) is 0 Å². The fourth-order valence-electron chi connectivity index (χ4n) is 1.50. The first-order chi connectivity index (χ1) is 6.63. The van der Waals surface area contributed by atoms with Crippen LogP contribution in [-0.4, -0.2) is 0 Å². The van der Waals surface area contributed by atoms with Crippen molar-refractivity contribution in [1.82, 2.24) is 0 Å². The monoisotopic (exact) mass is 186 g/mol. The van der Waals surface area contributed by atoms with Gasteiger partial charge in [0.25, 0.3) is 0 Å². The minimum Gasteiger partial charge on any atom is -0.0912 e. The van der Waals surface area contributed by atoms with Crippen LogP contribution in [0, 0.1) is 6.92 Å². The molecule has 0 N–H and O–H groups in total. The van der Waals surface area contributed by atoms with Gasteiger partial charge in [-0.25, -0.2) is 0 Å². The number of rotatable bonds is 2. The molecule has 0 spiro atoms. The second-order valence-electron chi connectivity index (χ2n) is 3.70. The lowest BCUT2D eigenvalue weighted by Crippen LogP contribution is -2.22. The third-order valence-corrected chi connectivity index (χ3v) is 2.21. The minimum absolute atomic E-state index is 1.08. The molecule has 0 radical (unpaired) electrons. The van der Waals surface area contributed by atoms with Crippen LogP contribution in [0.3, 0.4) is 0 Å². The third kappa shape index (κ3) is 2.88. The molecule has 0 nitrogen and oxygen atoms in total. The van der Waals surface area contributed by atoms with Crippen LogP contribution in [0.2, 0.25) is 0 Å². The average Bonchev–Trinajstić information content (AvgIpc) is 2.10. The fourth-order valence-corrected chi connectivity index (χ4v) is 1.50. The molecule has 0 saturated heterocycles. The first-order valence-electron chi connectivity index (χ1n) is 5.07. The Labute approximate surface area is 86.3 Å². The average molecular weight is 186 g/mol. The Morgan fingerprint density at radius 1 is 1.43 bits per heavy atom. The standard InChI is InChI=1S/C14H18/c1-5-6-11(2)10-14-8-7-12(3)9-13(14)4/h6-10H,4-5H2,1-3H3/b11-6-,14-10-. The Morgan fingerprint density at radius 3 is 2.71 bits per heavy atom. The second kappa shape index (κ2) is 4.80. The SMILES string of the molecule is C=c1cc(C)cc/c1=C/C(C)=C\CC. The summed E-state index contributed by atoms with van der Waals surface area (Å²) in [7, 11) is 0. The lowest BCUT2D eigenvalue weighted by molar-refractivity contribution is 1.20. The van der Waals surface area contributed by atoms with Crippen molar-refractivity contribution in [2.45, 2.75) is 27.2 Å². The Hall–Kier alpha value is -1.30. The largest absolute Gasteiger partial charge is 0.0912 e. The molecule has 0 aromatic heterocycles. The summed E-state index contributed by atoms with van der Waals surface area (Å²) in [6.45, 7) is 10.4. The van der Waals surface area contributed by atoms with E-state index in [-0.39, 0.29) is 0 Å². The van der Waals surface area contributed by atoms with Crippen molar-refractivity contribution in [3.8, 4) is 0 Å². The summed E-state index contributed by atoms with van der Waals surface area (Å²) in [6.07, 6.45) is 5.49. The molecular formula is C14H18. The molecular weight excluding hydrogens is 168 g/mol. The van der Waals surface area contributed by atoms with Crippen molar-refractivity contribution in [2.75, 3.05) is 0 Å². The summed E-state index contributed by atoms with van der Waals surface area (Å²) in [4.78, 5) is 0. The van der Waals surface area contributed by atoms with E-state index in [2.05, 4.69) is 57.7 Å². The molecule has 0 amide bonds. The third-order valence-electron chi connectivity index (χ3n) is 2.21. The van der Waals surface area contributed by atoms with Crippen molar-refractivity contribution < 1.29 is 0 Å². The van der Waals surface area contributed by atoms with E-state index in [1.807, 2.05) is 0 Å². The molecule has 0 saturated carbocycles.